The summed E-state index contributed by atoms with van der Waals surface area (Å²) in [4.78, 5) is 0. The van der Waals surface area contributed by atoms with E-state index < -0.39 is 0 Å². The molecule has 4 rings (SSSR count). The van der Waals surface area contributed by atoms with Crippen LogP contribution in [0.2, 0.25) is 0 Å². The van der Waals surface area contributed by atoms with Gasteiger partial charge >= 0.3 is 0 Å². The van der Waals surface area contributed by atoms with Crippen LogP contribution in [0.5, 0.6) is 0 Å². The predicted octanol–water partition coefficient (Wildman–Crippen LogP) is 2.55. The molecule has 4 fully saturated rings. The first-order valence-electron chi connectivity index (χ1n) is 7.37. The van der Waals surface area contributed by atoms with Crippen LogP contribution in [0.3, 0.4) is 0 Å². The Balaban J connectivity index is 1.78. The summed E-state index contributed by atoms with van der Waals surface area (Å²) in [6.45, 7) is 3.06. The van der Waals surface area contributed by atoms with Crippen molar-refractivity contribution in [3.05, 3.63) is 0 Å². The zero-order valence-corrected chi connectivity index (χ0v) is 11.1. The number of aliphatic hydroxyl groups excluding tert-OH is 1. The van der Waals surface area contributed by atoms with Gasteiger partial charge in [0.1, 0.15) is 0 Å². The van der Waals surface area contributed by atoms with Crippen molar-refractivity contribution in [3.8, 4) is 0 Å². The van der Waals surface area contributed by atoms with Crippen molar-refractivity contribution in [1.82, 2.24) is 0 Å². The van der Waals surface area contributed by atoms with E-state index in [-0.39, 0.29) is 12.0 Å². The summed E-state index contributed by atoms with van der Waals surface area (Å²) < 4.78 is 0. The van der Waals surface area contributed by atoms with Crippen molar-refractivity contribution < 1.29 is 5.11 Å². The molecule has 4 bridgehead atoms. The van der Waals surface area contributed by atoms with Gasteiger partial charge in [0.25, 0.3) is 0 Å². The van der Waals surface area contributed by atoms with E-state index in [0.717, 1.165) is 24.2 Å². The van der Waals surface area contributed by atoms with Crippen molar-refractivity contribution in [2.45, 2.75) is 51.9 Å². The number of hydrogen-bond donors (Lipinski definition) is 2. The van der Waals surface area contributed by atoms with Crippen LogP contribution in [0.25, 0.3) is 0 Å². The van der Waals surface area contributed by atoms with Gasteiger partial charge in [0.05, 0.1) is 0 Å². The van der Waals surface area contributed by atoms with E-state index >= 15 is 0 Å². The maximum absolute atomic E-state index is 9.61. The average molecular weight is 237 g/mol. The van der Waals surface area contributed by atoms with Crippen LogP contribution in [0.15, 0.2) is 0 Å². The van der Waals surface area contributed by atoms with Crippen LogP contribution in [-0.2, 0) is 0 Å². The van der Waals surface area contributed by atoms with Crippen molar-refractivity contribution in [1.29, 1.82) is 0 Å². The minimum Gasteiger partial charge on any atom is -0.396 e. The van der Waals surface area contributed by atoms with Gasteiger partial charge in [-0.05, 0) is 74.7 Å². The molecule has 98 valence electrons. The Morgan fingerprint density at radius 3 is 1.94 bits per heavy atom. The quantitative estimate of drug-likeness (QED) is 0.789. The number of nitrogens with two attached hydrogens (primary N) is 1. The fourth-order valence-electron chi connectivity index (χ4n) is 5.60. The van der Waals surface area contributed by atoms with Crippen LogP contribution < -0.4 is 5.73 Å². The van der Waals surface area contributed by atoms with Gasteiger partial charge in [-0.25, -0.2) is 0 Å². The Hall–Kier alpha value is -0.0800. The molecular formula is C15H27NO. The van der Waals surface area contributed by atoms with Gasteiger partial charge in [-0.15, -0.1) is 0 Å². The topological polar surface area (TPSA) is 46.2 Å². The Kier molecular flexibility index (Phi) is 2.79. The van der Waals surface area contributed by atoms with Crippen LogP contribution in [0, 0.1) is 28.6 Å². The van der Waals surface area contributed by atoms with Gasteiger partial charge in [0.2, 0.25) is 0 Å². The van der Waals surface area contributed by atoms with Gasteiger partial charge in [0.15, 0.2) is 0 Å². The van der Waals surface area contributed by atoms with Crippen molar-refractivity contribution in [2.75, 3.05) is 13.2 Å². The standard InChI is InChI=1S/C15H27NO/c1-14(9-16,10-17)8-15-5-11-2-12(6-15)4-13(3-11)7-15/h11-13,17H,2-10,16H2,1H3. The van der Waals surface area contributed by atoms with E-state index in [1.807, 2.05) is 0 Å². The molecule has 2 heteroatoms. The average Bonchev–Trinajstić information content (AvgIpc) is 2.26. The smallest absolute Gasteiger partial charge is 0.0497 e. The molecule has 0 aromatic rings. The third-order valence-corrected chi connectivity index (χ3v) is 5.84. The van der Waals surface area contributed by atoms with Crippen LogP contribution in [0.1, 0.15) is 51.9 Å². The summed E-state index contributed by atoms with van der Waals surface area (Å²) in [6, 6.07) is 0. The summed E-state index contributed by atoms with van der Waals surface area (Å²) in [5.41, 5.74) is 6.40. The fraction of sp³-hybridized carbons (Fsp3) is 1.00. The highest BCUT2D eigenvalue weighted by atomic mass is 16.3. The second-order valence-electron chi connectivity index (χ2n) is 7.77. The van der Waals surface area contributed by atoms with Gasteiger partial charge in [-0.1, -0.05) is 6.92 Å². The monoisotopic (exact) mass is 237 g/mol. The van der Waals surface area contributed by atoms with Gasteiger partial charge in [0, 0.05) is 12.0 Å². The maximum Gasteiger partial charge on any atom is 0.0497 e. The number of hydrogen-bond acceptors (Lipinski definition) is 2. The summed E-state index contributed by atoms with van der Waals surface area (Å²) in [7, 11) is 0. The van der Waals surface area contributed by atoms with Crippen molar-refractivity contribution in [3.63, 3.8) is 0 Å². The molecule has 0 aromatic carbocycles. The van der Waals surface area contributed by atoms with E-state index in [2.05, 4.69) is 6.92 Å². The minimum absolute atomic E-state index is 0.0360. The second-order valence-corrected chi connectivity index (χ2v) is 7.77. The van der Waals surface area contributed by atoms with Crippen molar-refractivity contribution in [2.24, 2.45) is 34.3 Å². The highest BCUT2D eigenvalue weighted by Gasteiger charge is 2.52. The lowest BCUT2D eigenvalue weighted by atomic mass is 9.47. The highest BCUT2D eigenvalue weighted by molar-refractivity contribution is 5.03. The predicted molar refractivity (Wildman–Crippen MR) is 69.5 cm³/mol. The molecule has 0 aliphatic heterocycles. The molecule has 0 saturated heterocycles. The van der Waals surface area contributed by atoms with Crippen LogP contribution in [-0.4, -0.2) is 18.3 Å². The molecule has 2 nitrogen and oxygen atoms in total. The van der Waals surface area contributed by atoms with E-state index in [0.29, 0.717) is 12.0 Å². The van der Waals surface area contributed by atoms with E-state index in [9.17, 15) is 5.11 Å². The molecule has 4 aliphatic carbocycles. The first-order valence-corrected chi connectivity index (χ1v) is 7.37. The van der Waals surface area contributed by atoms with E-state index in [4.69, 9.17) is 5.73 Å². The number of rotatable bonds is 4. The molecule has 0 amide bonds. The fourth-order valence-corrected chi connectivity index (χ4v) is 5.60. The largest absolute Gasteiger partial charge is 0.396 e. The molecular weight excluding hydrogens is 210 g/mol. The summed E-state index contributed by atoms with van der Waals surface area (Å²) in [6.07, 6.45) is 9.93. The molecule has 1 unspecified atom stereocenters. The van der Waals surface area contributed by atoms with E-state index in [1.165, 1.54) is 38.5 Å². The minimum atomic E-state index is -0.0360. The van der Waals surface area contributed by atoms with Crippen LogP contribution in [0.4, 0.5) is 0 Å². The summed E-state index contributed by atoms with van der Waals surface area (Å²) in [5, 5.41) is 9.61. The molecule has 0 radical (unpaired) electrons. The molecule has 4 saturated carbocycles. The van der Waals surface area contributed by atoms with Gasteiger partial charge in [-0.3, -0.25) is 0 Å². The summed E-state index contributed by atoms with van der Waals surface area (Å²) >= 11 is 0. The Bertz CT molecular complexity index is 260. The molecule has 0 heterocycles. The first-order chi connectivity index (χ1) is 8.06. The molecule has 17 heavy (non-hydrogen) atoms. The molecule has 4 aliphatic rings. The van der Waals surface area contributed by atoms with Crippen molar-refractivity contribution >= 4 is 0 Å². The van der Waals surface area contributed by atoms with E-state index in [1.54, 1.807) is 0 Å². The molecule has 0 aromatic heterocycles. The summed E-state index contributed by atoms with van der Waals surface area (Å²) in [5.74, 6) is 3.01. The zero-order valence-electron chi connectivity index (χ0n) is 11.1. The lowest BCUT2D eigenvalue weighted by molar-refractivity contribution is -0.0814. The normalized spacial score (nSPS) is 47.1. The number of aliphatic hydroxyl groups is 1. The maximum atomic E-state index is 9.61. The lowest BCUT2D eigenvalue weighted by Gasteiger charge is -2.58. The Labute approximate surface area is 105 Å². The Morgan fingerprint density at radius 1 is 1.12 bits per heavy atom. The second kappa shape index (κ2) is 3.96. The third kappa shape index (κ3) is 2.04. The molecule has 1 atom stereocenters. The SMILES string of the molecule is CC(CN)(CO)CC12CC3CC(CC(C3)C1)C2. The first kappa shape index (κ1) is 12.0. The third-order valence-electron chi connectivity index (χ3n) is 5.84. The molecule has 0 spiro atoms. The lowest BCUT2D eigenvalue weighted by Crippen LogP contribution is -2.49. The van der Waals surface area contributed by atoms with Gasteiger partial charge < -0.3 is 10.8 Å². The molecule has 3 N–H and O–H groups in total. The van der Waals surface area contributed by atoms with Crippen LogP contribution >= 0.6 is 0 Å². The highest BCUT2D eigenvalue weighted by Crippen LogP contribution is 2.62. The zero-order chi connectivity index (χ0) is 12.1. The Morgan fingerprint density at radius 2 is 1.59 bits per heavy atom. The van der Waals surface area contributed by atoms with Gasteiger partial charge in [-0.2, -0.15) is 0 Å².